The molecule has 1 N–H and O–H groups in total. The molecule has 0 amide bonds. The molecule has 1 aliphatic rings. The van der Waals surface area contributed by atoms with E-state index in [-0.39, 0.29) is 6.10 Å². The van der Waals surface area contributed by atoms with Gasteiger partial charge in [0, 0.05) is 12.7 Å². The van der Waals surface area contributed by atoms with E-state index in [4.69, 9.17) is 4.74 Å². The van der Waals surface area contributed by atoms with Crippen molar-refractivity contribution in [3.8, 4) is 0 Å². The van der Waals surface area contributed by atoms with Crippen molar-refractivity contribution in [1.82, 2.24) is 9.97 Å². The number of benzene rings is 1. The zero-order chi connectivity index (χ0) is 13.1. The van der Waals surface area contributed by atoms with Gasteiger partial charge in [0.15, 0.2) is 0 Å². The first-order chi connectivity index (χ1) is 9.34. The maximum atomic E-state index is 5.84. The molecule has 1 atom stereocenters. The van der Waals surface area contributed by atoms with Crippen molar-refractivity contribution in [2.75, 3.05) is 18.5 Å². The molecule has 19 heavy (non-hydrogen) atoms. The van der Waals surface area contributed by atoms with Crippen molar-refractivity contribution in [3.63, 3.8) is 0 Å². The van der Waals surface area contributed by atoms with Gasteiger partial charge in [0.25, 0.3) is 0 Å². The smallest absolute Gasteiger partial charge is 0.143 e. The van der Waals surface area contributed by atoms with E-state index in [9.17, 15) is 0 Å². The van der Waals surface area contributed by atoms with E-state index in [0.717, 1.165) is 23.3 Å². The predicted octanol–water partition coefficient (Wildman–Crippen LogP) is 2.97. The summed E-state index contributed by atoms with van der Waals surface area (Å²) in [4.78, 5) is 8.14. The molecule has 1 unspecified atom stereocenters. The van der Waals surface area contributed by atoms with Gasteiger partial charge in [0.1, 0.15) is 12.1 Å². The average molecular weight is 320 g/mol. The van der Waals surface area contributed by atoms with Crippen LogP contribution in [0.25, 0.3) is 0 Å². The second-order valence-electron chi connectivity index (χ2n) is 4.41. The molecule has 0 saturated heterocycles. The van der Waals surface area contributed by atoms with Crippen molar-refractivity contribution in [1.29, 1.82) is 0 Å². The lowest BCUT2D eigenvalue weighted by atomic mass is 9.97. The van der Waals surface area contributed by atoms with Crippen LogP contribution in [0.2, 0.25) is 0 Å². The Hall–Kier alpha value is -1.46. The van der Waals surface area contributed by atoms with E-state index in [1.165, 1.54) is 17.5 Å². The molecule has 0 saturated carbocycles. The predicted molar refractivity (Wildman–Crippen MR) is 77.1 cm³/mol. The summed E-state index contributed by atoms with van der Waals surface area (Å²) >= 11 is 3.42. The molecular formula is C14H14BrN3O. The molecule has 4 nitrogen and oxygen atoms in total. The molecule has 0 aliphatic carbocycles. The molecule has 2 heterocycles. The van der Waals surface area contributed by atoms with Crippen molar-refractivity contribution >= 4 is 21.7 Å². The lowest BCUT2D eigenvalue weighted by Crippen LogP contribution is -2.23. The summed E-state index contributed by atoms with van der Waals surface area (Å²) < 4.78 is 6.71. The third-order valence-electron chi connectivity index (χ3n) is 3.21. The first-order valence-corrected chi connectivity index (χ1v) is 7.02. The van der Waals surface area contributed by atoms with Crippen molar-refractivity contribution in [2.24, 2.45) is 0 Å². The van der Waals surface area contributed by atoms with Crippen LogP contribution < -0.4 is 5.32 Å². The third-order valence-corrected chi connectivity index (χ3v) is 3.80. The van der Waals surface area contributed by atoms with Crippen LogP contribution in [0.3, 0.4) is 0 Å². The summed E-state index contributed by atoms with van der Waals surface area (Å²) in [7, 11) is 0. The van der Waals surface area contributed by atoms with E-state index in [1.54, 1.807) is 6.20 Å². The fraction of sp³-hybridized carbons (Fsp3) is 0.286. The van der Waals surface area contributed by atoms with Crippen molar-refractivity contribution in [3.05, 3.63) is 52.4 Å². The standard InChI is InChI=1S/C14H14BrN3O/c15-12-7-16-9-18-14(12)17-8-13-11-4-2-1-3-10(11)5-6-19-13/h1-4,7,9,13H,5-6,8H2,(H,16,17,18). The van der Waals surface area contributed by atoms with Crippen LogP contribution in [0.5, 0.6) is 0 Å². The number of rotatable bonds is 3. The summed E-state index contributed by atoms with van der Waals surface area (Å²) in [6, 6.07) is 8.44. The molecule has 0 spiro atoms. The van der Waals surface area contributed by atoms with Gasteiger partial charge in [0.05, 0.1) is 17.2 Å². The first-order valence-electron chi connectivity index (χ1n) is 6.23. The van der Waals surface area contributed by atoms with Crippen LogP contribution in [0.4, 0.5) is 5.82 Å². The quantitative estimate of drug-likeness (QED) is 0.944. The molecular weight excluding hydrogens is 306 g/mol. The second kappa shape index (κ2) is 5.67. The molecule has 0 bridgehead atoms. The average Bonchev–Trinajstić information content (AvgIpc) is 2.46. The molecule has 1 aliphatic heterocycles. The summed E-state index contributed by atoms with van der Waals surface area (Å²) in [6.07, 6.45) is 4.32. The summed E-state index contributed by atoms with van der Waals surface area (Å²) in [5.41, 5.74) is 2.65. The van der Waals surface area contributed by atoms with E-state index < -0.39 is 0 Å². The Kier molecular flexibility index (Phi) is 3.75. The number of nitrogens with one attached hydrogen (secondary N) is 1. The van der Waals surface area contributed by atoms with Gasteiger partial charge >= 0.3 is 0 Å². The van der Waals surface area contributed by atoms with E-state index in [2.05, 4.69) is 55.5 Å². The van der Waals surface area contributed by atoms with Crippen molar-refractivity contribution < 1.29 is 4.74 Å². The Labute approximate surface area is 120 Å². The van der Waals surface area contributed by atoms with Crippen LogP contribution in [0, 0.1) is 0 Å². The van der Waals surface area contributed by atoms with Crippen molar-refractivity contribution in [2.45, 2.75) is 12.5 Å². The normalized spacial score (nSPS) is 17.8. The summed E-state index contributed by atoms with van der Waals surface area (Å²) in [5, 5.41) is 3.30. The van der Waals surface area contributed by atoms with Gasteiger partial charge in [-0.3, -0.25) is 0 Å². The molecule has 98 valence electrons. The molecule has 0 fully saturated rings. The first kappa shape index (κ1) is 12.6. The van der Waals surface area contributed by atoms with Crippen LogP contribution >= 0.6 is 15.9 Å². The minimum atomic E-state index is 0.0758. The van der Waals surface area contributed by atoms with Crippen LogP contribution in [0.1, 0.15) is 17.2 Å². The maximum Gasteiger partial charge on any atom is 0.143 e. The topological polar surface area (TPSA) is 47.0 Å². The Balaban J connectivity index is 1.73. The van der Waals surface area contributed by atoms with E-state index in [0.29, 0.717) is 6.54 Å². The number of halogens is 1. The highest BCUT2D eigenvalue weighted by Gasteiger charge is 2.20. The van der Waals surface area contributed by atoms with Gasteiger partial charge in [-0.2, -0.15) is 0 Å². The van der Waals surface area contributed by atoms with Gasteiger partial charge in [0.2, 0.25) is 0 Å². The second-order valence-corrected chi connectivity index (χ2v) is 5.26. The van der Waals surface area contributed by atoms with Gasteiger partial charge in [-0.15, -0.1) is 0 Å². The van der Waals surface area contributed by atoms with E-state index in [1.807, 2.05) is 0 Å². The molecule has 2 aromatic rings. The largest absolute Gasteiger partial charge is 0.371 e. The van der Waals surface area contributed by atoms with Crippen LogP contribution in [0.15, 0.2) is 41.3 Å². The van der Waals surface area contributed by atoms with Gasteiger partial charge < -0.3 is 10.1 Å². The van der Waals surface area contributed by atoms with E-state index >= 15 is 0 Å². The molecule has 1 aromatic heterocycles. The molecule has 3 rings (SSSR count). The zero-order valence-corrected chi connectivity index (χ0v) is 11.9. The van der Waals surface area contributed by atoms with Gasteiger partial charge in [-0.1, -0.05) is 24.3 Å². The Morgan fingerprint density at radius 1 is 1.37 bits per heavy atom. The Bertz CT molecular complexity index is 576. The molecule has 5 heteroatoms. The maximum absolute atomic E-state index is 5.84. The third kappa shape index (κ3) is 2.77. The Morgan fingerprint density at radius 3 is 3.16 bits per heavy atom. The number of hydrogen-bond donors (Lipinski definition) is 1. The van der Waals surface area contributed by atoms with Gasteiger partial charge in [-0.05, 0) is 33.5 Å². The fourth-order valence-corrected chi connectivity index (χ4v) is 2.64. The number of aromatic nitrogens is 2. The van der Waals surface area contributed by atoms with Crippen LogP contribution in [-0.2, 0) is 11.2 Å². The highest BCUT2D eigenvalue weighted by atomic mass is 79.9. The fourth-order valence-electron chi connectivity index (χ4n) is 2.28. The monoisotopic (exact) mass is 319 g/mol. The SMILES string of the molecule is Brc1cncnc1NCC1OCCc2ccccc21. The number of nitrogens with zero attached hydrogens (tertiary/aromatic N) is 2. The summed E-state index contributed by atoms with van der Waals surface area (Å²) in [6.45, 7) is 1.47. The number of anilines is 1. The Morgan fingerprint density at radius 2 is 2.26 bits per heavy atom. The zero-order valence-electron chi connectivity index (χ0n) is 10.3. The van der Waals surface area contributed by atoms with Gasteiger partial charge in [-0.25, -0.2) is 9.97 Å². The van der Waals surface area contributed by atoms with Crippen LogP contribution in [-0.4, -0.2) is 23.1 Å². The summed E-state index contributed by atoms with van der Waals surface area (Å²) in [5.74, 6) is 0.793. The lowest BCUT2D eigenvalue weighted by Gasteiger charge is -2.26. The number of hydrogen-bond acceptors (Lipinski definition) is 4. The highest BCUT2D eigenvalue weighted by Crippen LogP contribution is 2.27. The number of ether oxygens (including phenoxy) is 1. The minimum absolute atomic E-state index is 0.0758. The molecule has 1 aromatic carbocycles. The minimum Gasteiger partial charge on any atom is -0.371 e. The lowest BCUT2D eigenvalue weighted by molar-refractivity contribution is 0.0513. The molecule has 0 radical (unpaired) electrons. The highest BCUT2D eigenvalue weighted by molar-refractivity contribution is 9.10. The number of fused-ring (bicyclic) bond motifs is 1.